The first-order valence-electron chi connectivity index (χ1n) is 3.66. The predicted molar refractivity (Wildman–Crippen MR) is 68.0 cm³/mol. The lowest BCUT2D eigenvalue weighted by atomic mass is 10.2. The van der Waals surface area contributed by atoms with E-state index in [4.69, 9.17) is 0 Å². The lowest BCUT2D eigenvalue weighted by Crippen LogP contribution is -1.77. The molecule has 1 N–H and O–H groups in total. The number of aromatic hydroxyl groups is 1. The SMILES string of the molecule is CSc1c(O)cc(I)c2ccsc12. The van der Waals surface area contributed by atoms with E-state index >= 15 is 0 Å². The van der Waals surface area contributed by atoms with Gasteiger partial charge in [0.15, 0.2) is 0 Å². The quantitative estimate of drug-likeness (QED) is 0.634. The molecule has 1 aromatic heterocycles. The minimum absolute atomic E-state index is 0.395. The van der Waals surface area contributed by atoms with Gasteiger partial charge in [-0.15, -0.1) is 23.1 Å². The van der Waals surface area contributed by atoms with E-state index in [0.29, 0.717) is 5.75 Å². The Morgan fingerprint density at radius 3 is 3.00 bits per heavy atom. The molecule has 68 valence electrons. The van der Waals surface area contributed by atoms with Crippen LogP contribution in [0, 0.1) is 3.57 Å². The number of phenolic OH excluding ortho intramolecular Hbond substituents is 1. The predicted octanol–water partition coefficient (Wildman–Crippen LogP) is 3.93. The zero-order valence-corrected chi connectivity index (χ0v) is 10.7. The third-order valence-corrected chi connectivity index (χ3v) is 4.60. The molecule has 0 unspecified atom stereocenters. The first-order chi connectivity index (χ1) is 6.24. The van der Waals surface area contributed by atoms with Gasteiger partial charge in [-0.3, -0.25) is 0 Å². The van der Waals surface area contributed by atoms with Gasteiger partial charge in [-0.25, -0.2) is 0 Å². The van der Waals surface area contributed by atoms with Crippen molar-refractivity contribution in [2.45, 2.75) is 4.90 Å². The Bertz CT molecular complexity index is 450. The fourth-order valence-corrected chi connectivity index (χ4v) is 3.99. The molecule has 0 fully saturated rings. The highest BCUT2D eigenvalue weighted by Gasteiger charge is 2.10. The molecule has 13 heavy (non-hydrogen) atoms. The smallest absolute Gasteiger partial charge is 0.131 e. The molecule has 4 heteroatoms. The molecule has 1 nitrogen and oxygen atoms in total. The minimum Gasteiger partial charge on any atom is -0.507 e. The highest BCUT2D eigenvalue weighted by molar-refractivity contribution is 14.1. The van der Waals surface area contributed by atoms with Crippen LogP contribution < -0.4 is 0 Å². The van der Waals surface area contributed by atoms with E-state index in [9.17, 15) is 5.11 Å². The van der Waals surface area contributed by atoms with Crippen molar-refractivity contribution in [3.8, 4) is 5.75 Å². The van der Waals surface area contributed by atoms with Gasteiger partial charge in [0.1, 0.15) is 5.75 Å². The van der Waals surface area contributed by atoms with Gasteiger partial charge in [-0.2, -0.15) is 0 Å². The Hall–Kier alpha value is 0.0600. The Balaban J connectivity index is 2.88. The molecule has 0 amide bonds. The average molecular weight is 322 g/mol. The molecule has 2 aromatic rings. The van der Waals surface area contributed by atoms with E-state index in [1.165, 1.54) is 10.1 Å². The van der Waals surface area contributed by atoms with Crippen molar-refractivity contribution in [1.29, 1.82) is 0 Å². The zero-order valence-electron chi connectivity index (χ0n) is 6.87. The van der Waals surface area contributed by atoms with Gasteiger partial charge in [0, 0.05) is 8.96 Å². The molecular weight excluding hydrogens is 315 g/mol. The van der Waals surface area contributed by atoms with Crippen LogP contribution in [0.2, 0.25) is 0 Å². The number of benzene rings is 1. The van der Waals surface area contributed by atoms with Gasteiger partial charge in [0.25, 0.3) is 0 Å². The third kappa shape index (κ3) is 1.55. The number of phenols is 1. The fraction of sp³-hybridized carbons (Fsp3) is 0.111. The minimum atomic E-state index is 0.395. The number of fused-ring (bicyclic) bond motifs is 1. The van der Waals surface area contributed by atoms with E-state index in [1.807, 2.05) is 12.3 Å². The van der Waals surface area contributed by atoms with Crippen molar-refractivity contribution in [1.82, 2.24) is 0 Å². The molecule has 2 rings (SSSR count). The Morgan fingerprint density at radius 2 is 2.31 bits per heavy atom. The lowest BCUT2D eigenvalue weighted by Gasteiger charge is -2.03. The monoisotopic (exact) mass is 322 g/mol. The Morgan fingerprint density at radius 1 is 1.54 bits per heavy atom. The second-order valence-corrected chi connectivity index (χ2v) is 5.47. The normalized spacial score (nSPS) is 10.9. The van der Waals surface area contributed by atoms with Crippen molar-refractivity contribution in [2.75, 3.05) is 6.26 Å². The van der Waals surface area contributed by atoms with Crippen molar-refractivity contribution < 1.29 is 5.11 Å². The summed E-state index contributed by atoms with van der Waals surface area (Å²) in [4.78, 5) is 0.991. The topological polar surface area (TPSA) is 20.2 Å². The van der Waals surface area contributed by atoms with Crippen LogP contribution in [-0.4, -0.2) is 11.4 Å². The van der Waals surface area contributed by atoms with E-state index in [-0.39, 0.29) is 0 Å². The summed E-state index contributed by atoms with van der Waals surface area (Å²) in [6, 6.07) is 3.92. The maximum Gasteiger partial charge on any atom is 0.131 e. The molecule has 0 aliphatic carbocycles. The van der Waals surface area contributed by atoms with Crippen LogP contribution in [0.4, 0.5) is 0 Å². The van der Waals surface area contributed by atoms with Crippen molar-refractivity contribution in [2.24, 2.45) is 0 Å². The van der Waals surface area contributed by atoms with Gasteiger partial charge in [0.2, 0.25) is 0 Å². The fourth-order valence-electron chi connectivity index (χ4n) is 1.25. The molecule has 0 radical (unpaired) electrons. The van der Waals surface area contributed by atoms with Gasteiger partial charge in [-0.05, 0) is 46.4 Å². The summed E-state index contributed by atoms with van der Waals surface area (Å²) in [5.74, 6) is 0.395. The van der Waals surface area contributed by atoms with Crippen molar-refractivity contribution >= 4 is 55.8 Å². The standard InChI is InChI=1S/C9H7IOS2/c1-12-9-7(11)4-6(10)5-2-3-13-8(5)9/h2-4,11H,1H3. The van der Waals surface area contributed by atoms with Gasteiger partial charge in [0.05, 0.1) is 9.60 Å². The summed E-state index contributed by atoms with van der Waals surface area (Å²) >= 11 is 5.53. The number of halogens is 1. The number of hydrogen-bond donors (Lipinski definition) is 1. The largest absolute Gasteiger partial charge is 0.507 e. The Kier molecular flexibility index (Phi) is 2.71. The van der Waals surface area contributed by atoms with E-state index in [0.717, 1.165) is 8.47 Å². The molecule has 0 bridgehead atoms. The second-order valence-electron chi connectivity index (χ2n) is 2.57. The number of thioether (sulfide) groups is 1. The van der Waals surface area contributed by atoms with E-state index < -0.39 is 0 Å². The number of rotatable bonds is 1. The lowest BCUT2D eigenvalue weighted by molar-refractivity contribution is 0.464. The van der Waals surface area contributed by atoms with Crippen molar-refractivity contribution in [3.63, 3.8) is 0 Å². The molecule has 0 saturated heterocycles. The molecule has 0 saturated carbocycles. The average Bonchev–Trinajstić information content (AvgIpc) is 2.53. The Labute approximate surface area is 98.3 Å². The molecule has 0 spiro atoms. The first kappa shape index (κ1) is 9.61. The maximum absolute atomic E-state index is 9.69. The highest BCUT2D eigenvalue weighted by atomic mass is 127. The highest BCUT2D eigenvalue weighted by Crippen LogP contribution is 2.39. The molecule has 0 aliphatic rings. The second kappa shape index (κ2) is 3.67. The van der Waals surface area contributed by atoms with Gasteiger partial charge in [-0.1, -0.05) is 0 Å². The van der Waals surface area contributed by atoms with Crippen LogP contribution in [0.1, 0.15) is 0 Å². The third-order valence-electron chi connectivity index (χ3n) is 1.83. The summed E-state index contributed by atoms with van der Waals surface area (Å²) in [5, 5.41) is 13.0. The van der Waals surface area contributed by atoms with Gasteiger partial charge < -0.3 is 5.11 Å². The van der Waals surface area contributed by atoms with Crippen LogP contribution in [0.25, 0.3) is 10.1 Å². The van der Waals surface area contributed by atoms with Crippen LogP contribution in [0.5, 0.6) is 5.75 Å². The summed E-state index contributed by atoms with van der Waals surface area (Å²) in [6.07, 6.45) is 1.99. The molecule has 1 aromatic carbocycles. The van der Waals surface area contributed by atoms with E-state index in [2.05, 4.69) is 34.0 Å². The van der Waals surface area contributed by atoms with Crippen LogP contribution >= 0.6 is 45.7 Å². The summed E-state index contributed by atoms with van der Waals surface area (Å²) in [6.45, 7) is 0. The summed E-state index contributed by atoms with van der Waals surface area (Å²) in [5.41, 5.74) is 0. The van der Waals surface area contributed by atoms with Crippen molar-refractivity contribution in [3.05, 3.63) is 21.1 Å². The van der Waals surface area contributed by atoms with Crippen LogP contribution in [-0.2, 0) is 0 Å². The number of thiophene rings is 1. The van der Waals surface area contributed by atoms with Crippen LogP contribution in [0.3, 0.4) is 0 Å². The van der Waals surface area contributed by atoms with Gasteiger partial charge >= 0.3 is 0 Å². The zero-order chi connectivity index (χ0) is 9.42. The van der Waals surface area contributed by atoms with Crippen LogP contribution in [0.15, 0.2) is 22.4 Å². The van der Waals surface area contributed by atoms with E-state index in [1.54, 1.807) is 23.1 Å². The molecule has 0 atom stereocenters. The summed E-state index contributed by atoms with van der Waals surface area (Å²) in [7, 11) is 0. The maximum atomic E-state index is 9.69. The summed E-state index contributed by atoms with van der Waals surface area (Å²) < 4.78 is 2.31. The number of hydrogen-bond acceptors (Lipinski definition) is 3. The molecule has 1 heterocycles. The molecular formula is C9H7IOS2. The molecule has 0 aliphatic heterocycles. The first-order valence-corrected chi connectivity index (χ1v) is 6.85.